The maximum Gasteiger partial charge on any atom is 0.238 e. The van der Waals surface area contributed by atoms with Crippen molar-refractivity contribution in [1.82, 2.24) is 4.90 Å². The standard InChI is InChI=1S/C14H20FN3O2/c15-12-5-4-10(16)8-13(12)17-14(20)9-18(6-7-19)11-2-1-3-11/h4-5,8,11,19H,1-3,6-7,9,16H2,(H,17,20). The van der Waals surface area contributed by atoms with Crippen LogP contribution in [0.5, 0.6) is 0 Å². The highest BCUT2D eigenvalue weighted by Crippen LogP contribution is 2.24. The smallest absolute Gasteiger partial charge is 0.238 e. The molecule has 1 amide bonds. The first-order valence-electron chi connectivity index (χ1n) is 6.80. The van der Waals surface area contributed by atoms with Crippen molar-refractivity contribution >= 4 is 17.3 Å². The average molecular weight is 281 g/mol. The molecule has 0 radical (unpaired) electrons. The molecule has 0 atom stereocenters. The highest BCUT2D eigenvalue weighted by atomic mass is 19.1. The van der Waals surface area contributed by atoms with Gasteiger partial charge in [0.15, 0.2) is 0 Å². The summed E-state index contributed by atoms with van der Waals surface area (Å²) in [6, 6.07) is 4.41. The van der Waals surface area contributed by atoms with Crippen molar-refractivity contribution in [2.24, 2.45) is 0 Å². The third-order valence-corrected chi connectivity index (χ3v) is 3.59. The highest BCUT2D eigenvalue weighted by Gasteiger charge is 2.26. The molecule has 0 unspecified atom stereocenters. The Morgan fingerprint density at radius 3 is 2.85 bits per heavy atom. The number of halogens is 1. The first-order valence-corrected chi connectivity index (χ1v) is 6.80. The lowest BCUT2D eigenvalue weighted by molar-refractivity contribution is -0.118. The topological polar surface area (TPSA) is 78.6 Å². The van der Waals surface area contributed by atoms with Gasteiger partial charge in [0.2, 0.25) is 5.91 Å². The van der Waals surface area contributed by atoms with Gasteiger partial charge in [-0.2, -0.15) is 0 Å². The van der Waals surface area contributed by atoms with Crippen LogP contribution in [0.15, 0.2) is 18.2 Å². The summed E-state index contributed by atoms with van der Waals surface area (Å²) in [5.41, 5.74) is 6.06. The molecule has 0 bridgehead atoms. The number of nitrogens with two attached hydrogens (primary N) is 1. The number of nitrogens with one attached hydrogen (secondary N) is 1. The normalized spacial score (nSPS) is 15.2. The molecule has 6 heteroatoms. The van der Waals surface area contributed by atoms with Gasteiger partial charge in [0, 0.05) is 18.3 Å². The molecule has 4 N–H and O–H groups in total. The summed E-state index contributed by atoms with van der Waals surface area (Å²) < 4.78 is 13.5. The number of nitrogen functional groups attached to an aromatic ring is 1. The maximum atomic E-state index is 13.5. The number of carbonyl (C=O) groups excluding carboxylic acids is 1. The molecule has 0 aromatic heterocycles. The van der Waals surface area contributed by atoms with Crippen molar-refractivity contribution in [2.75, 3.05) is 30.7 Å². The third kappa shape index (κ3) is 3.68. The van der Waals surface area contributed by atoms with E-state index in [-0.39, 0.29) is 24.7 Å². The van der Waals surface area contributed by atoms with Crippen LogP contribution in [0, 0.1) is 5.82 Å². The Bertz CT molecular complexity index is 477. The number of hydrogen-bond donors (Lipinski definition) is 3. The molecule has 0 heterocycles. The van der Waals surface area contributed by atoms with Crippen LogP contribution in [0.1, 0.15) is 19.3 Å². The molecule has 2 rings (SSSR count). The summed E-state index contributed by atoms with van der Waals surface area (Å²) in [5, 5.41) is 11.6. The molecule has 1 aromatic rings. The lowest BCUT2D eigenvalue weighted by atomic mass is 9.91. The Hall–Kier alpha value is -1.66. The Kier molecular flexibility index (Phi) is 4.92. The highest BCUT2D eigenvalue weighted by molar-refractivity contribution is 5.92. The molecule has 110 valence electrons. The van der Waals surface area contributed by atoms with E-state index in [2.05, 4.69) is 5.32 Å². The molecule has 1 aliphatic carbocycles. The van der Waals surface area contributed by atoms with Crippen molar-refractivity contribution in [2.45, 2.75) is 25.3 Å². The van der Waals surface area contributed by atoms with Crippen LogP contribution in [0.2, 0.25) is 0 Å². The Morgan fingerprint density at radius 2 is 2.25 bits per heavy atom. The van der Waals surface area contributed by atoms with Crippen LogP contribution >= 0.6 is 0 Å². The van der Waals surface area contributed by atoms with Gasteiger partial charge in [-0.1, -0.05) is 6.42 Å². The lowest BCUT2D eigenvalue weighted by Gasteiger charge is -2.36. The van der Waals surface area contributed by atoms with Gasteiger partial charge in [0.25, 0.3) is 0 Å². The Morgan fingerprint density at radius 1 is 1.50 bits per heavy atom. The second-order valence-electron chi connectivity index (χ2n) is 5.07. The van der Waals surface area contributed by atoms with Gasteiger partial charge in [0.05, 0.1) is 18.8 Å². The lowest BCUT2D eigenvalue weighted by Crippen LogP contribution is -2.45. The van der Waals surface area contributed by atoms with E-state index in [1.165, 1.54) is 18.2 Å². The molecule has 0 saturated heterocycles. The Balaban J connectivity index is 1.94. The zero-order valence-corrected chi connectivity index (χ0v) is 11.3. The van der Waals surface area contributed by atoms with Crippen LogP contribution in [-0.2, 0) is 4.79 Å². The monoisotopic (exact) mass is 281 g/mol. The van der Waals surface area contributed by atoms with Crippen molar-refractivity contribution in [3.05, 3.63) is 24.0 Å². The van der Waals surface area contributed by atoms with E-state index in [4.69, 9.17) is 10.8 Å². The molecule has 20 heavy (non-hydrogen) atoms. The summed E-state index contributed by atoms with van der Waals surface area (Å²) in [6.07, 6.45) is 3.23. The largest absolute Gasteiger partial charge is 0.399 e. The molecule has 0 spiro atoms. The second-order valence-corrected chi connectivity index (χ2v) is 5.07. The third-order valence-electron chi connectivity index (χ3n) is 3.59. The van der Waals surface area contributed by atoms with Crippen LogP contribution in [-0.4, -0.2) is 41.7 Å². The molecule has 5 nitrogen and oxygen atoms in total. The molecule has 1 aliphatic rings. The van der Waals surface area contributed by atoms with E-state index >= 15 is 0 Å². The van der Waals surface area contributed by atoms with Gasteiger partial charge in [0.1, 0.15) is 5.82 Å². The predicted molar refractivity (Wildman–Crippen MR) is 75.7 cm³/mol. The van der Waals surface area contributed by atoms with Crippen molar-refractivity contribution < 1.29 is 14.3 Å². The number of benzene rings is 1. The van der Waals surface area contributed by atoms with Gasteiger partial charge >= 0.3 is 0 Å². The Labute approximate surface area is 117 Å². The first kappa shape index (κ1) is 14.7. The fraction of sp³-hybridized carbons (Fsp3) is 0.500. The second kappa shape index (κ2) is 6.67. The molecule has 1 saturated carbocycles. The van der Waals surface area contributed by atoms with Gasteiger partial charge in [-0.15, -0.1) is 0 Å². The van der Waals surface area contributed by atoms with Gasteiger partial charge in [-0.25, -0.2) is 4.39 Å². The van der Waals surface area contributed by atoms with Crippen molar-refractivity contribution in [1.29, 1.82) is 0 Å². The van der Waals surface area contributed by atoms with E-state index in [1.54, 1.807) is 0 Å². The van der Waals surface area contributed by atoms with Crippen LogP contribution < -0.4 is 11.1 Å². The number of hydrogen-bond acceptors (Lipinski definition) is 4. The van der Waals surface area contributed by atoms with Gasteiger partial charge in [-0.05, 0) is 31.0 Å². The zero-order valence-electron chi connectivity index (χ0n) is 11.3. The average Bonchev–Trinajstić information content (AvgIpc) is 2.32. The van der Waals surface area contributed by atoms with Crippen molar-refractivity contribution in [3.63, 3.8) is 0 Å². The van der Waals surface area contributed by atoms with Gasteiger partial charge < -0.3 is 16.2 Å². The summed E-state index contributed by atoms with van der Waals surface area (Å²) in [7, 11) is 0. The summed E-state index contributed by atoms with van der Waals surface area (Å²) >= 11 is 0. The molecule has 1 fully saturated rings. The molecule has 0 aliphatic heterocycles. The number of aliphatic hydroxyl groups excluding tert-OH is 1. The van der Waals surface area contributed by atoms with Crippen molar-refractivity contribution in [3.8, 4) is 0 Å². The van der Waals surface area contributed by atoms with E-state index < -0.39 is 5.82 Å². The number of aliphatic hydroxyl groups is 1. The minimum absolute atomic E-state index is 0.0103. The number of anilines is 2. The predicted octanol–water partition coefficient (Wildman–Crippen LogP) is 1.19. The van der Waals surface area contributed by atoms with E-state index in [9.17, 15) is 9.18 Å². The molecular weight excluding hydrogens is 261 g/mol. The SMILES string of the molecule is Nc1ccc(F)c(NC(=O)CN(CCO)C2CCC2)c1. The van der Waals surface area contributed by atoms with E-state index in [0.29, 0.717) is 18.3 Å². The molecule has 1 aromatic carbocycles. The fourth-order valence-electron chi connectivity index (χ4n) is 2.28. The number of nitrogens with zero attached hydrogens (tertiary/aromatic N) is 1. The quantitative estimate of drug-likeness (QED) is 0.684. The van der Waals surface area contributed by atoms with Crippen LogP contribution in [0.3, 0.4) is 0 Å². The minimum Gasteiger partial charge on any atom is -0.399 e. The maximum absolute atomic E-state index is 13.5. The summed E-state index contributed by atoms with van der Waals surface area (Å²) in [4.78, 5) is 13.9. The first-order chi connectivity index (χ1) is 9.60. The zero-order chi connectivity index (χ0) is 14.5. The number of rotatable bonds is 6. The molecular formula is C14H20FN3O2. The number of carbonyl (C=O) groups is 1. The summed E-state index contributed by atoms with van der Waals surface area (Å²) in [5.74, 6) is -0.806. The fourth-order valence-corrected chi connectivity index (χ4v) is 2.28. The van der Waals surface area contributed by atoms with E-state index in [0.717, 1.165) is 19.3 Å². The number of amides is 1. The summed E-state index contributed by atoms with van der Waals surface area (Å²) in [6.45, 7) is 0.618. The minimum atomic E-state index is -0.509. The van der Waals surface area contributed by atoms with Gasteiger partial charge in [-0.3, -0.25) is 9.69 Å². The van der Waals surface area contributed by atoms with E-state index in [1.807, 2.05) is 4.90 Å². The van der Waals surface area contributed by atoms with Crippen LogP contribution in [0.25, 0.3) is 0 Å². The van der Waals surface area contributed by atoms with Crippen LogP contribution in [0.4, 0.5) is 15.8 Å².